The zero-order chi connectivity index (χ0) is 44.6. The molecule has 19 nitrogen and oxygen atoms in total. The van der Waals surface area contributed by atoms with Gasteiger partial charge < -0.3 is 15.5 Å². The minimum absolute atomic E-state index is 0. The van der Waals surface area contributed by atoms with Crippen LogP contribution in [0.15, 0.2) is 156 Å². The molecule has 65 heavy (non-hydrogen) atoms. The fourth-order valence-electron chi connectivity index (χ4n) is 6.47. The summed E-state index contributed by atoms with van der Waals surface area (Å²) < 4.78 is 71.5. The van der Waals surface area contributed by atoms with Crippen molar-refractivity contribution in [1.82, 2.24) is 24.5 Å². The average Bonchev–Trinajstić information content (AvgIpc) is 3.23. The number of azo groups is 1. The molecule has 8 aromatic rings. The summed E-state index contributed by atoms with van der Waals surface area (Å²) in [5.74, 6) is -0.971. The van der Waals surface area contributed by atoms with E-state index >= 15 is 0 Å². The van der Waals surface area contributed by atoms with E-state index in [0.29, 0.717) is 28.1 Å². The minimum Gasteiger partial charge on any atom is -0.870 e. The summed E-state index contributed by atoms with van der Waals surface area (Å²) >= 11 is 6.09. The summed E-state index contributed by atoms with van der Waals surface area (Å²) in [5.41, 5.74) is 1.17. The average molecular weight is 949 g/mol. The Hall–Kier alpha value is -5.69. The Kier molecular flexibility index (Phi) is 14.9. The number of H-pyrrole nitrogens is 1. The zero-order valence-corrected chi connectivity index (χ0v) is 40.5. The number of amidine groups is 1. The Balaban J connectivity index is 0.00000350. The van der Waals surface area contributed by atoms with Crippen molar-refractivity contribution < 1.29 is 95.3 Å². The molecular formula is C41H27ClN10Na2O9S2. The van der Waals surface area contributed by atoms with Gasteiger partial charge in [0.25, 0.3) is 25.8 Å². The number of nitrogens with zero attached hydrogens (tertiary/aromatic N) is 8. The van der Waals surface area contributed by atoms with E-state index in [1.54, 1.807) is 79.7 Å². The Morgan fingerprint density at radius 3 is 2.09 bits per heavy atom. The van der Waals surface area contributed by atoms with Crippen molar-refractivity contribution >= 4 is 88.2 Å². The molecule has 316 valence electrons. The number of aromatic nitrogens is 5. The van der Waals surface area contributed by atoms with Crippen LogP contribution in [0.3, 0.4) is 0 Å². The van der Waals surface area contributed by atoms with Gasteiger partial charge in [-0.3, -0.25) is 23.5 Å². The molecule has 24 heteroatoms. The molecule has 4 N–H and O–H groups in total. The fourth-order valence-corrected chi connectivity index (χ4v) is 7.83. The Morgan fingerprint density at radius 2 is 1.43 bits per heavy atom. The van der Waals surface area contributed by atoms with Crippen LogP contribution in [0.4, 0.5) is 28.7 Å². The summed E-state index contributed by atoms with van der Waals surface area (Å²) in [6.07, 6.45) is 0. The van der Waals surface area contributed by atoms with Crippen LogP contribution in [0.5, 0.6) is 5.75 Å². The number of rotatable bonds is 9. The van der Waals surface area contributed by atoms with Crippen molar-refractivity contribution in [3.8, 4) is 22.6 Å². The summed E-state index contributed by atoms with van der Waals surface area (Å²) in [6, 6.07) is 30.3. The van der Waals surface area contributed by atoms with Crippen LogP contribution in [-0.2, 0) is 20.2 Å². The summed E-state index contributed by atoms with van der Waals surface area (Å²) in [6.45, 7) is 1.75. The number of hydrogen-bond acceptors (Lipinski definition) is 14. The van der Waals surface area contributed by atoms with E-state index in [-0.39, 0.29) is 76.3 Å². The number of anilines is 1. The zero-order valence-electron chi connectivity index (χ0n) is 34.1. The van der Waals surface area contributed by atoms with Crippen molar-refractivity contribution in [2.24, 2.45) is 20.2 Å². The van der Waals surface area contributed by atoms with Gasteiger partial charge in [-0.1, -0.05) is 60.3 Å². The maximum atomic E-state index is 14.2. The number of para-hydroxylation sites is 2. The molecular weight excluding hydrogens is 922 g/mol. The number of benzene rings is 6. The van der Waals surface area contributed by atoms with Crippen molar-refractivity contribution in [3.05, 3.63) is 148 Å². The molecule has 0 radical (unpaired) electrons. The van der Waals surface area contributed by atoms with Crippen molar-refractivity contribution in [2.45, 2.75) is 16.7 Å². The number of halogens is 1. The third-order valence-electron chi connectivity index (χ3n) is 9.27. The third kappa shape index (κ3) is 10.9. The number of aliphatic imine (C=N–C) groups is 1. The molecule has 8 rings (SSSR count). The van der Waals surface area contributed by atoms with E-state index in [9.17, 15) is 40.9 Å². The van der Waals surface area contributed by atoms with Crippen LogP contribution in [0.25, 0.3) is 38.5 Å². The normalized spacial score (nSPS) is 12.3. The molecule has 0 amide bonds. The van der Waals surface area contributed by atoms with Gasteiger partial charge in [-0.05, 0) is 102 Å². The molecule has 0 saturated heterocycles. The molecule has 0 spiro atoms. The summed E-state index contributed by atoms with van der Waals surface area (Å²) in [4.78, 5) is 34.4. The first-order valence-electron chi connectivity index (χ1n) is 18.2. The van der Waals surface area contributed by atoms with E-state index in [1.807, 2.05) is 18.2 Å². The quantitative estimate of drug-likeness (QED) is 0.0487. The number of fused-ring (bicyclic) bond motifs is 2. The fraction of sp³-hybridized carbons (Fsp3) is 0.0244. The van der Waals surface area contributed by atoms with Crippen molar-refractivity contribution in [3.63, 3.8) is 0 Å². The molecule has 0 atom stereocenters. The first-order chi connectivity index (χ1) is 30.0. The number of aromatic amines is 1. The van der Waals surface area contributed by atoms with Crippen LogP contribution >= 0.6 is 11.6 Å². The molecule has 2 heterocycles. The second-order valence-corrected chi connectivity index (χ2v) is 16.6. The minimum atomic E-state index is -5.22. The van der Waals surface area contributed by atoms with E-state index in [1.165, 1.54) is 16.7 Å². The van der Waals surface area contributed by atoms with E-state index in [4.69, 9.17) is 11.6 Å². The molecule has 0 bridgehead atoms. The van der Waals surface area contributed by atoms with Crippen molar-refractivity contribution in [2.75, 3.05) is 5.32 Å². The molecule has 6 aromatic carbocycles. The van der Waals surface area contributed by atoms with Crippen LogP contribution in [0, 0.1) is 6.92 Å². The largest absolute Gasteiger partial charge is 1.00 e. The van der Waals surface area contributed by atoms with Gasteiger partial charge in [0, 0.05) is 5.39 Å². The number of hydrogen-bond donors (Lipinski definition) is 4. The van der Waals surface area contributed by atoms with Gasteiger partial charge in [-0.25, -0.2) is 15.0 Å². The van der Waals surface area contributed by atoms with Gasteiger partial charge in [-0.15, -0.1) is 5.11 Å². The van der Waals surface area contributed by atoms with Gasteiger partial charge in [0.1, 0.15) is 10.7 Å². The summed E-state index contributed by atoms with van der Waals surface area (Å²) in [5, 5.41) is 36.2. The van der Waals surface area contributed by atoms with Gasteiger partial charge in [0.2, 0.25) is 16.9 Å². The maximum Gasteiger partial charge on any atom is 1.00 e. The Morgan fingerprint density at radius 1 is 0.785 bits per heavy atom. The first kappa shape index (κ1) is 48.8. The smallest absolute Gasteiger partial charge is 0.870 e. The van der Waals surface area contributed by atoms with Crippen LogP contribution in [0.1, 0.15) is 5.82 Å². The van der Waals surface area contributed by atoms with Crippen LogP contribution < -0.4 is 85.8 Å². The summed E-state index contributed by atoms with van der Waals surface area (Å²) in [7, 11) is -10.2. The van der Waals surface area contributed by atoms with Crippen molar-refractivity contribution in [1.29, 1.82) is 0 Å². The number of nitrogens with one attached hydrogen (secondary N) is 2. The second-order valence-electron chi connectivity index (χ2n) is 13.4. The van der Waals surface area contributed by atoms with E-state index in [0.717, 1.165) is 29.3 Å². The topological polar surface area (TPSA) is 293 Å². The predicted molar refractivity (Wildman–Crippen MR) is 228 cm³/mol. The molecule has 0 aliphatic heterocycles. The molecule has 2 aromatic heterocycles. The predicted octanol–water partition coefficient (Wildman–Crippen LogP) is -0.0315. The Labute approximate surface area is 417 Å². The standard InChI is InChI=1S/C41H29ClN10O9S2.2Na/c1-22-43-31-10-6-5-9-30(31)37(54)52(22)28-17-13-24(14-18-28)23-11-15-27(16-12-23)50-51-35-33(63(59,60)61)20-25-19-29(62(56,57)58)21-32(34(25)36(35)53)45-39-46-38(42)47-40(48-39)49-41(55)44-26-7-3-2-4-8-26;;/h2-21,53H,1H3,(H,56,57,58)(H,59,60,61)(H3,44,45,46,47,48,49,55);;/q;2*+1/p-2. The van der Waals surface area contributed by atoms with Gasteiger partial charge >= 0.3 is 59.1 Å². The van der Waals surface area contributed by atoms with Gasteiger partial charge in [0.05, 0.1) is 50.3 Å². The van der Waals surface area contributed by atoms with Crippen LogP contribution in [0.2, 0.25) is 5.28 Å². The molecule has 0 aliphatic carbocycles. The monoisotopic (exact) mass is 948 g/mol. The second kappa shape index (κ2) is 19.8. The molecule has 0 saturated carbocycles. The number of aryl methyl sites for hydroxylation is 1. The van der Waals surface area contributed by atoms with Gasteiger partial charge in [0.15, 0.2) is 0 Å². The van der Waals surface area contributed by atoms with E-state index in [2.05, 4.69) is 45.5 Å². The SMILES string of the molecule is Cc1nc2ccccc2c(=O)n1-c1ccc(-c2ccc(N=Nc3c(S(=O)(=O)O)cc4cc(S(=O)(=O)O)cc(N=c5nc(Cl)nc(NC([O-])=Nc6ccccc6)[nH]5)c4c3[O-])cc2)cc1.[Na+].[Na+]. The van der Waals surface area contributed by atoms with Gasteiger partial charge in [-0.2, -0.15) is 31.9 Å². The Bertz CT molecular complexity index is 3560. The molecule has 0 fully saturated rings. The maximum absolute atomic E-state index is 14.2. The van der Waals surface area contributed by atoms with Crippen LogP contribution in [-0.4, -0.2) is 56.5 Å². The van der Waals surface area contributed by atoms with E-state index < -0.39 is 74.8 Å². The first-order valence-corrected chi connectivity index (χ1v) is 21.4. The third-order valence-corrected chi connectivity index (χ3v) is 11.1. The molecule has 0 unspecified atom stereocenters. The molecule has 0 aliphatic rings.